The summed E-state index contributed by atoms with van der Waals surface area (Å²) in [4.78, 5) is 0.815. The molecule has 0 unspecified atom stereocenters. The van der Waals surface area contributed by atoms with Gasteiger partial charge in [-0.3, -0.25) is 5.43 Å². The van der Waals surface area contributed by atoms with Crippen LogP contribution in [0.15, 0.2) is 40.5 Å². The van der Waals surface area contributed by atoms with E-state index in [1.807, 2.05) is 19.1 Å². The van der Waals surface area contributed by atoms with Crippen molar-refractivity contribution in [3.05, 3.63) is 35.4 Å². The number of hydrogen-bond donors (Lipinski definition) is 2. The molecule has 0 radical (unpaired) electrons. The van der Waals surface area contributed by atoms with Crippen molar-refractivity contribution in [1.29, 1.82) is 0 Å². The molecule has 0 aliphatic carbocycles. The molecule has 0 fully saturated rings. The predicted molar refractivity (Wildman–Crippen MR) is 53.7 cm³/mol. The molecule has 1 N–H and O–H groups in total. The highest BCUT2D eigenvalue weighted by atomic mass is 32.1. The van der Waals surface area contributed by atoms with E-state index < -0.39 is 0 Å². The van der Waals surface area contributed by atoms with Gasteiger partial charge in [-0.15, -0.1) is 12.6 Å². The Morgan fingerprint density at radius 2 is 2.18 bits per heavy atom. The maximum atomic E-state index is 4.10. The number of hydrazone groups is 1. The summed E-state index contributed by atoms with van der Waals surface area (Å²) >= 11 is 4.10. The van der Waals surface area contributed by atoms with Gasteiger partial charge in [-0.25, -0.2) is 0 Å². The number of nitrogens with one attached hydrogen (secondary N) is 1. The van der Waals surface area contributed by atoms with Gasteiger partial charge in [-0.1, -0.05) is 12.7 Å². The Kier molecular flexibility index (Phi) is 5.29. The fourth-order valence-electron chi connectivity index (χ4n) is 0.440. The number of thiol groups is 1. The first-order valence-electron chi connectivity index (χ1n) is 3.12. The first-order chi connectivity index (χ1) is 5.20. The molecule has 11 heavy (non-hydrogen) atoms. The lowest BCUT2D eigenvalue weighted by Crippen LogP contribution is -1.98. The molecule has 0 spiro atoms. The molecule has 0 rings (SSSR count). The zero-order valence-electron chi connectivity index (χ0n) is 6.54. The van der Waals surface area contributed by atoms with Gasteiger partial charge < -0.3 is 0 Å². The highest BCUT2D eigenvalue weighted by Gasteiger charge is 1.80. The van der Waals surface area contributed by atoms with E-state index in [-0.39, 0.29) is 0 Å². The van der Waals surface area contributed by atoms with Crippen LogP contribution in [0, 0.1) is 0 Å². The molecule has 0 aromatic rings. The van der Waals surface area contributed by atoms with E-state index >= 15 is 0 Å². The topological polar surface area (TPSA) is 24.4 Å². The van der Waals surface area contributed by atoms with Gasteiger partial charge in [0.25, 0.3) is 0 Å². The monoisotopic (exact) mass is 168 g/mol. The SMILES string of the molecule is C=C/C(S)=C\C=C(/C)NN=C. The summed E-state index contributed by atoms with van der Waals surface area (Å²) < 4.78 is 0. The molecular weight excluding hydrogens is 156 g/mol. The van der Waals surface area contributed by atoms with Crippen LogP contribution in [0.1, 0.15) is 6.92 Å². The molecule has 0 bridgehead atoms. The van der Waals surface area contributed by atoms with Crippen molar-refractivity contribution in [3.63, 3.8) is 0 Å². The molecule has 0 saturated heterocycles. The van der Waals surface area contributed by atoms with Crippen molar-refractivity contribution >= 4 is 19.3 Å². The molecule has 60 valence electrons. The average Bonchev–Trinajstić information content (AvgIpc) is 2.01. The van der Waals surface area contributed by atoms with Crippen LogP contribution in [0.3, 0.4) is 0 Å². The standard InChI is InChI=1S/C8H12N2S/c1-4-8(11)6-5-7(2)10-9-3/h4-6,10-11H,1,3H2,2H3/b7-5+,8-6+. The van der Waals surface area contributed by atoms with Crippen molar-refractivity contribution in [2.45, 2.75) is 6.92 Å². The lowest BCUT2D eigenvalue weighted by atomic mass is 10.4. The zero-order chi connectivity index (χ0) is 8.69. The maximum absolute atomic E-state index is 4.10. The molecule has 2 nitrogen and oxygen atoms in total. The van der Waals surface area contributed by atoms with Crippen LogP contribution >= 0.6 is 12.6 Å². The fraction of sp³-hybridized carbons (Fsp3) is 0.125. The normalized spacial score (nSPS) is 12.5. The van der Waals surface area contributed by atoms with Gasteiger partial charge in [0.1, 0.15) is 0 Å². The maximum Gasteiger partial charge on any atom is 0.0305 e. The summed E-state index contributed by atoms with van der Waals surface area (Å²) in [5.41, 5.74) is 3.60. The molecule has 0 aliphatic rings. The van der Waals surface area contributed by atoms with Gasteiger partial charge in [0.2, 0.25) is 0 Å². The smallest absolute Gasteiger partial charge is 0.0305 e. The van der Waals surface area contributed by atoms with E-state index in [4.69, 9.17) is 0 Å². The van der Waals surface area contributed by atoms with Crippen LogP contribution in [0.4, 0.5) is 0 Å². The minimum absolute atomic E-state index is 0.815. The third-order valence-corrected chi connectivity index (χ3v) is 1.30. The van der Waals surface area contributed by atoms with Crippen LogP contribution < -0.4 is 5.43 Å². The third kappa shape index (κ3) is 5.48. The number of hydrogen-bond acceptors (Lipinski definition) is 3. The van der Waals surface area contributed by atoms with E-state index in [2.05, 4.69) is 36.5 Å². The summed E-state index contributed by atoms with van der Waals surface area (Å²) in [7, 11) is 0. The molecule has 3 heteroatoms. The first kappa shape index (κ1) is 10.0. The summed E-state index contributed by atoms with van der Waals surface area (Å²) in [6.45, 7) is 8.72. The summed E-state index contributed by atoms with van der Waals surface area (Å²) in [5, 5.41) is 3.49. The van der Waals surface area contributed by atoms with Gasteiger partial charge in [-0.05, 0) is 19.1 Å². The van der Waals surface area contributed by atoms with Crippen molar-refractivity contribution in [2.75, 3.05) is 0 Å². The summed E-state index contributed by atoms with van der Waals surface area (Å²) in [6.07, 6.45) is 5.33. The van der Waals surface area contributed by atoms with Gasteiger partial charge in [-0.2, -0.15) is 5.10 Å². The third-order valence-electron chi connectivity index (χ3n) is 0.969. The Balaban J connectivity index is 4.09. The summed E-state index contributed by atoms with van der Waals surface area (Å²) in [6, 6.07) is 0. The van der Waals surface area contributed by atoms with Crippen molar-refractivity contribution < 1.29 is 0 Å². The molecular formula is C8H12N2S. The lowest BCUT2D eigenvalue weighted by molar-refractivity contribution is 0.898. The second-order valence-electron chi connectivity index (χ2n) is 1.92. The van der Waals surface area contributed by atoms with E-state index in [9.17, 15) is 0 Å². The van der Waals surface area contributed by atoms with Crippen molar-refractivity contribution in [3.8, 4) is 0 Å². The molecule has 0 saturated carbocycles. The molecule has 0 aromatic carbocycles. The van der Waals surface area contributed by atoms with Crippen LogP contribution in [-0.2, 0) is 0 Å². The van der Waals surface area contributed by atoms with E-state index in [0.717, 1.165) is 10.6 Å². The Labute approximate surface area is 72.8 Å². The molecule has 0 amide bonds. The molecule has 0 heterocycles. The predicted octanol–water partition coefficient (Wildman–Crippen LogP) is 2.10. The average molecular weight is 168 g/mol. The lowest BCUT2D eigenvalue weighted by Gasteiger charge is -1.94. The van der Waals surface area contributed by atoms with Crippen LogP contribution in [0.25, 0.3) is 0 Å². The Morgan fingerprint density at radius 3 is 2.64 bits per heavy atom. The highest BCUT2D eigenvalue weighted by Crippen LogP contribution is 2.01. The molecule has 0 atom stereocenters. The minimum Gasteiger partial charge on any atom is -0.284 e. The van der Waals surface area contributed by atoms with Crippen LogP contribution in [-0.4, -0.2) is 6.72 Å². The quantitative estimate of drug-likeness (QED) is 0.286. The first-order valence-corrected chi connectivity index (χ1v) is 3.57. The van der Waals surface area contributed by atoms with E-state index in [1.54, 1.807) is 6.08 Å². The fourth-order valence-corrected chi connectivity index (χ4v) is 0.515. The van der Waals surface area contributed by atoms with Gasteiger partial charge in [0.15, 0.2) is 0 Å². The summed E-state index contributed by atoms with van der Waals surface area (Å²) in [5.74, 6) is 0. The van der Waals surface area contributed by atoms with Crippen molar-refractivity contribution in [1.82, 2.24) is 5.43 Å². The molecule has 0 aliphatic heterocycles. The number of nitrogens with zero attached hydrogens (tertiary/aromatic N) is 1. The highest BCUT2D eigenvalue weighted by molar-refractivity contribution is 7.84. The minimum atomic E-state index is 0.815. The van der Waals surface area contributed by atoms with Crippen molar-refractivity contribution in [2.24, 2.45) is 5.10 Å². The van der Waals surface area contributed by atoms with Gasteiger partial charge in [0.05, 0.1) is 0 Å². The number of rotatable bonds is 4. The van der Waals surface area contributed by atoms with E-state index in [1.165, 1.54) is 0 Å². The zero-order valence-corrected chi connectivity index (χ0v) is 7.44. The Hall–Kier alpha value is -0.960. The van der Waals surface area contributed by atoms with Crippen LogP contribution in [0.2, 0.25) is 0 Å². The van der Waals surface area contributed by atoms with Gasteiger partial charge in [0, 0.05) is 17.3 Å². The number of allylic oxidation sites excluding steroid dienone is 4. The van der Waals surface area contributed by atoms with Crippen LogP contribution in [0.5, 0.6) is 0 Å². The molecule has 0 aromatic heterocycles. The second kappa shape index (κ2) is 5.80. The second-order valence-corrected chi connectivity index (χ2v) is 2.43. The largest absolute Gasteiger partial charge is 0.284 e. The van der Waals surface area contributed by atoms with E-state index in [0.29, 0.717) is 0 Å². The van der Waals surface area contributed by atoms with Gasteiger partial charge >= 0.3 is 0 Å². The Morgan fingerprint density at radius 1 is 1.55 bits per heavy atom. The Bertz CT molecular complexity index is 204.